The molecular weight excluding hydrogens is 126 g/mol. The second kappa shape index (κ2) is 4.31. The van der Waals surface area contributed by atoms with Crippen LogP contribution in [0, 0.1) is 0 Å². The van der Waals surface area contributed by atoms with E-state index in [1.807, 2.05) is 0 Å². The van der Waals surface area contributed by atoms with E-state index in [0.717, 1.165) is 0 Å². The van der Waals surface area contributed by atoms with Gasteiger partial charge in [0.05, 0.1) is 7.11 Å². The van der Waals surface area contributed by atoms with Crippen LogP contribution in [0.1, 0.15) is 27.7 Å². The normalized spacial score (nSPS) is 10.3. The fourth-order valence-electron chi connectivity index (χ4n) is 0.961. The minimum Gasteiger partial charge on any atom is -0.454 e. The molecule has 2 heteroatoms. The summed E-state index contributed by atoms with van der Waals surface area (Å²) in [6, 6.07) is 1.03. The number of hydrogen-bond acceptors (Lipinski definition) is 1. The Morgan fingerprint density at radius 1 is 1.10 bits per heavy atom. The highest BCUT2D eigenvalue weighted by Crippen LogP contribution is 1.94. The zero-order chi connectivity index (χ0) is 8.15. The van der Waals surface area contributed by atoms with Crippen molar-refractivity contribution in [3.63, 3.8) is 0 Å². The third-order valence-corrected chi connectivity index (χ3v) is 1.42. The molecule has 0 radical (unpaired) electrons. The first-order chi connectivity index (χ1) is 4.59. The first kappa shape index (κ1) is 9.47. The van der Waals surface area contributed by atoms with Crippen LogP contribution in [-0.4, -0.2) is 30.2 Å². The van der Waals surface area contributed by atoms with Gasteiger partial charge in [0.2, 0.25) is 0 Å². The molecule has 0 aliphatic carbocycles. The van der Waals surface area contributed by atoms with Crippen molar-refractivity contribution < 1.29 is 9.31 Å². The Morgan fingerprint density at radius 3 is 1.60 bits per heavy atom. The lowest BCUT2D eigenvalue weighted by Crippen LogP contribution is -2.28. The summed E-state index contributed by atoms with van der Waals surface area (Å²) in [4.78, 5) is 0. The number of ether oxygens (including phenoxy) is 1. The summed E-state index contributed by atoms with van der Waals surface area (Å²) in [6.07, 6.45) is 1.77. The van der Waals surface area contributed by atoms with Gasteiger partial charge in [0, 0.05) is 0 Å². The van der Waals surface area contributed by atoms with Gasteiger partial charge < -0.3 is 4.74 Å². The van der Waals surface area contributed by atoms with Crippen molar-refractivity contribution in [2.75, 3.05) is 7.11 Å². The molecule has 0 saturated heterocycles. The Bertz CT molecular complexity index is 106. The van der Waals surface area contributed by atoms with E-state index in [1.165, 1.54) is 0 Å². The molecule has 0 rings (SSSR count). The van der Waals surface area contributed by atoms with E-state index in [-0.39, 0.29) is 0 Å². The van der Waals surface area contributed by atoms with E-state index < -0.39 is 0 Å². The predicted octanol–water partition coefficient (Wildman–Crippen LogP) is 1.49. The van der Waals surface area contributed by atoms with Crippen molar-refractivity contribution in [2.24, 2.45) is 0 Å². The monoisotopic (exact) mass is 144 g/mol. The van der Waals surface area contributed by atoms with Gasteiger partial charge in [-0.3, -0.25) is 0 Å². The topological polar surface area (TPSA) is 12.2 Å². The molecule has 0 aromatic heterocycles. The molecule has 0 spiro atoms. The van der Waals surface area contributed by atoms with Crippen molar-refractivity contribution in [3.8, 4) is 0 Å². The van der Waals surface area contributed by atoms with E-state index in [1.54, 1.807) is 13.5 Å². The highest BCUT2D eigenvalue weighted by atomic mass is 16.5. The molecular formula is C8H18NO+. The molecule has 2 nitrogen and oxygen atoms in total. The molecule has 0 amide bonds. The Hall–Kier alpha value is -0.530. The Kier molecular flexibility index (Phi) is 4.08. The summed E-state index contributed by atoms with van der Waals surface area (Å²) in [5.74, 6) is 0. The first-order valence-electron chi connectivity index (χ1n) is 3.73. The average molecular weight is 144 g/mol. The molecule has 60 valence electrons. The van der Waals surface area contributed by atoms with E-state index >= 15 is 0 Å². The van der Waals surface area contributed by atoms with Crippen LogP contribution >= 0.6 is 0 Å². The summed E-state index contributed by atoms with van der Waals surface area (Å²) in [7, 11) is 1.68. The fraction of sp³-hybridized carbons (Fsp3) is 0.875. The van der Waals surface area contributed by atoms with Crippen LogP contribution in [0.4, 0.5) is 0 Å². The van der Waals surface area contributed by atoms with Crippen molar-refractivity contribution in [2.45, 2.75) is 39.8 Å². The quantitative estimate of drug-likeness (QED) is 0.332. The zero-order valence-corrected chi connectivity index (χ0v) is 7.59. The minimum atomic E-state index is 0.514. The van der Waals surface area contributed by atoms with Gasteiger partial charge in [-0.1, -0.05) is 0 Å². The molecule has 0 aliphatic rings. The lowest BCUT2D eigenvalue weighted by molar-refractivity contribution is -0.589. The number of methoxy groups -OCH3 is 1. The minimum absolute atomic E-state index is 0.514. The molecule has 0 aliphatic heterocycles. The molecule has 0 bridgehead atoms. The summed E-state index contributed by atoms with van der Waals surface area (Å²) in [6.45, 7) is 8.59. The highest BCUT2D eigenvalue weighted by molar-refractivity contribution is 5.39. The van der Waals surface area contributed by atoms with Gasteiger partial charge in [0.15, 0.2) is 12.1 Å². The molecule has 0 atom stereocenters. The van der Waals surface area contributed by atoms with Gasteiger partial charge >= 0.3 is 6.40 Å². The van der Waals surface area contributed by atoms with Crippen LogP contribution in [0.15, 0.2) is 0 Å². The third-order valence-electron chi connectivity index (χ3n) is 1.42. The van der Waals surface area contributed by atoms with E-state index in [4.69, 9.17) is 4.74 Å². The average Bonchev–Trinajstić information content (AvgIpc) is 1.81. The Labute approximate surface area is 63.5 Å². The standard InChI is InChI=1S/C8H18NO/c1-7(2)9(6-10-5)8(3)4/h6-8H,1-5H3/q+1. The maximum atomic E-state index is 4.93. The van der Waals surface area contributed by atoms with Gasteiger partial charge in [-0.05, 0) is 27.7 Å². The molecule has 0 fully saturated rings. The SMILES string of the molecule is COC=[N+](C(C)C)C(C)C. The first-order valence-corrected chi connectivity index (χ1v) is 3.73. The van der Waals surface area contributed by atoms with Crippen LogP contribution in [0.25, 0.3) is 0 Å². The van der Waals surface area contributed by atoms with Gasteiger partial charge in [-0.2, -0.15) is 0 Å². The smallest absolute Gasteiger partial charge is 0.323 e. The molecule has 0 unspecified atom stereocenters. The molecule has 0 aromatic rings. The van der Waals surface area contributed by atoms with Crippen LogP contribution in [0.5, 0.6) is 0 Å². The zero-order valence-electron chi connectivity index (χ0n) is 7.59. The summed E-state index contributed by atoms with van der Waals surface area (Å²) < 4.78 is 7.09. The van der Waals surface area contributed by atoms with Crippen LogP contribution in [0.3, 0.4) is 0 Å². The molecule has 0 N–H and O–H groups in total. The molecule has 0 aromatic carbocycles. The van der Waals surface area contributed by atoms with Crippen molar-refractivity contribution in [3.05, 3.63) is 0 Å². The summed E-state index contributed by atoms with van der Waals surface area (Å²) in [5, 5.41) is 0. The van der Waals surface area contributed by atoms with Gasteiger partial charge in [-0.25, -0.2) is 4.58 Å². The van der Waals surface area contributed by atoms with E-state index in [0.29, 0.717) is 12.1 Å². The van der Waals surface area contributed by atoms with E-state index in [9.17, 15) is 0 Å². The lowest BCUT2D eigenvalue weighted by Gasteiger charge is -2.09. The maximum absolute atomic E-state index is 4.93. The molecule has 0 heterocycles. The van der Waals surface area contributed by atoms with Crippen LogP contribution in [-0.2, 0) is 4.74 Å². The Balaban J connectivity index is 4.12. The third kappa shape index (κ3) is 2.85. The van der Waals surface area contributed by atoms with Crippen molar-refractivity contribution in [1.29, 1.82) is 0 Å². The second-order valence-electron chi connectivity index (χ2n) is 2.98. The number of hydrogen-bond donors (Lipinski definition) is 0. The number of rotatable bonds is 3. The van der Waals surface area contributed by atoms with Crippen LogP contribution < -0.4 is 0 Å². The van der Waals surface area contributed by atoms with Crippen LogP contribution in [0.2, 0.25) is 0 Å². The van der Waals surface area contributed by atoms with E-state index in [2.05, 4.69) is 32.3 Å². The van der Waals surface area contributed by atoms with Gasteiger partial charge in [-0.15, -0.1) is 0 Å². The van der Waals surface area contributed by atoms with Gasteiger partial charge in [0.25, 0.3) is 0 Å². The predicted molar refractivity (Wildman–Crippen MR) is 43.6 cm³/mol. The van der Waals surface area contributed by atoms with Crippen molar-refractivity contribution >= 4 is 6.40 Å². The fourth-order valence-corrected chi connectivity index (χ4v) is 0.961. The number of nitrogens with zero attached hydrogens (tertiary/aromatic N) is 1. The summed E-state index contributed by atoms with van der Waals surface area (Å²) >= 11 is 0. The second-order valence-corrected chi connectivity index (χ2v) is 2.98. The highest BCUT2D eigenvalue weighted by Gasteiger charge is 2.13. The molecule has 10 heavy (non-hydrogen) atoms. The largest absolute Gasteiger partial charge is 0.454 e. The van der Waals surface area contributed by atoms with Gasteiger partial charge in [0.1, 0.15) is 0 Å². The summed E-state index contributed by atoms with van der Waals surface area (Å²) in [5.41, 5.74) is 0. The molecule has 0 saturated carbocycles. The maximum Gasteiger partial charge on any atom is 0.323 e. The lowest BCUT2D eigenvalue weighted by atomic mass is 10.3. The van der Waals surface area contributed by atoms with Crippen molar-refractivity contribution in [1.82, 2.24) is 0 Å². The Morgan fingerprint density at radius 2 is 1.50 bits per heavy atom.